The van der Waals surface area contributed by atoms with Crippen LogP contribution >= 0.6 is 0 Å². The maximum absolute atomic E-state index is 9.13. The Hall–Kier alpha value is -0.370. The zero-order chi connectivity index (χ0) is 4.28. The Morgan fingerprint density at radius 2 is 2.20 bits per heavy atom. The average Bonchev–Trinajstić information content (AvgIpc) is 1.38. The molecule has 0 fully saturated rings. The van der Waals surface area contributed by atoms with Crippen molar-refractivity contribution >= 4 is 6.29 Å². The molecule has 0 saturated carbocycles. The van der Waals surface area contributed by atoms with E-state index in [4.69, 9.17) is 9.90 Å². The lowest BCUT2D eigenvalue weighted by molar-refractivity contribution is 0.254. The normalized spacial score (nSPS) is 14.0. The van der Waals surface area contributed by atoms with E-state index in [1.165, 1.54) is 13.2 Å². The Morgan fingerprint density at radius 3 is 2.20 bits per heavy atom. The van der Waals surface area contributed by atoms with Crippen molar-refractivity contribution in [3.63, 3.8) is 0 Å². The molecule has 0 aromatic carbocycles. The molecule has 0 amide bonds. The largest absolute Gasteiger partial charge is 0.385 e. The van der Waals surface area contributed by atoms with Gasteiger partial charge in [-0.1, -0.05) is 0 Å². The van der Waals surface area contributed by atoms with Crippen LogP contribution < -0.4 is 0 Å². The van der Waals surface area contributed by atoms with Gasteiger partial charge < -0.3 is 5.11 Å². The van der Waals surface area contributed by atoms with Crippen LogP contribution in [-0.2, 0) is 4.79 Å². The van der Waals surface area contributed by atoms with E-state index in [-0.39, 0.29) is 0 Å². The van der Waals surface area contributed by atoms with E-state index >= 15 is 0 Å². The number of hydrogen-bond donors (Lipinski definition) is 1. The molecule has 29 valence electrons. The van der Waals surface area contributed by atoms with Crippen molar-refractivity contribution in [1.82, 2.24) is 0 Å². The van der Waals surface area contributed by atoms with E-state index in [2.05, 4.69) is 0 Å². The molecule has 1 N–H and O–H groups in total. The monoisotopic (exact) mass is 73.0 g/mol. The van der Waals surface area contributed by atoms with E-state index in [0.29, 0.717) is 0 Å². The Kier molecular flexibility index (Phi) is 1.76. The molecule has 0 aliphatic rings. The maximum atomic E-state index is 9.13. The van der Waals surface area contributed by atoms with Crippen LogP contribution in [0.25, 0.3) is 0 Å². The van der Waals surface area contributed by atoms with Crippen molar-refractivity contribution < 1.29 is 9.90 Å². The second-order valence-electron chi connectivity index (χ2n) is 0.794. The van der Waals surface area contributed by atoms with Gasteiger partial charge in [-0.2, -0.15) is 0 Å². The first-order valence-electron chi connectivity index (χ1n) is 1.33. The SMILES string of the molecule is C[C@H](O)[C]=O. The van der Waals surface area contributed by atoms with Gasteiger partial charge in [-0.3, -0.25) is 4.79 Å². The summed E-state index contributed by atoms with van der Waals surface area (Å²) in [5, 5.41) is 7.94. The Balaban J connectivity index is 2.83. The van der Waals surface area contributed by atoms with E-state index in [9.17, 15) is 0 Å². The third kappa shape index (κ3) is 3.63. The van der Waals surface area contributed by atoms with Crippen molar-refractivity contribution in [2.24, 2.45) is 0 Å². The first kappa shape index (κ1) is 4.63. The second kappa shape index (κ2) is 1.91. The highest BCUT2D eigenvalue weighted by Gasteiger charge is 1.84. The fourth-order valence-electron chi connectivity index (χ4n) is 0. The van der Waals surface area contributed by atoms with Crippen LogP contribution in [0, 0.1) is 0 Å². The van der Waals surface area contributed by atoms with Gasteiger partial charge >= 0.3 is 0 Å². The number of hydrogen-bond acceptors (Lipinski definition) is 2. The van der Waals surface area contributed by atoms with Crippen molar-refractivity contribution in [2.75, 3.05) is 0 Å². The van der Waals surface area contributed by atoms with E-state index < -0.39 is 6.10 Å². The minimum atomic E-state index is -0.921. The van der Waals surface area contributed by atoms with Gasteiger partial charge in [0, 0.05) is 0 Å². The summed E-state index contributed by atoms with van der Waals surface area (Å²) in [6.45, 7) is 1.35. The van der Waals surface area contributed by atoms with E-state index in [1.54, 1.807) is 0 Å². The summed E-state index contributed by atoms with van der Waals surface area (Å²) >= 11 is 0. The standard InChI is InChI=1S/C3H5O2/c1-3(5)2-4/h3,5H,1H3/t3-/m0/s1. The molecule has 0 aliphatic heterocycles. The smallest absolute Gasteiger partial charge is 0.229 e. The van der Waals surface area contributed by atoms with Crippen LogP contribution in [0.1, 0.15) is 6.92 Å². The molecule has 0 bridgehead atoms. The number of carbonyl (C=O) groups excluding carboxylic acids is 1. The molecular formula is C3H5O2. The molecule has 0 aromatic rings. The highest BCUT2D eigenvalue weighted by atomic mass is 16.3. The molecular weight excluding hydrogens is 68.0 g/mol. The Morgan fingerprint density at radius 1 is 2.00 bits per heavy atom. The fourth-order valence-corrected chi connectivity index (χ4v) is 0. The molecule has 0 saturated heterocycles. The summed E-state index contributed by atoms with van der Waals surface area (Å²) in [5.41, 5.74) is 0. The van der Waals surface area contributed by atoms with Crippen LogP contribution in [0.5, 0.6) is 0 Å². The third-order valence-corrected chi connectivity index (χ3v) is 0.171. The van der Waals surface area contributed by atoms with Crippen LogP contribution in [0.3, 0.4) is 0 Å². The van der Waals surface area contributed by atoms with Crippen LogP contribution in [0.2, 0.25) is 0 Å². The van der Waals surface area contributed by atoms with Gasteiger partial charge in [-0.15, -0.1) is 0 Å². The van der Waals surface area contributed by atoms with E-state index in [1.807, 2.05) is 0 Å². The van der Waals surface area contributed by atoms with Gasteiger partial charge in [-0.25, -0.2) is 0 Å². The lowest BCUT2D eigenvalue weighted by Gasteiger charge is -1.77. The minimum Gasteiger partial charge on any atom is -0.385 e. The molecule has 2 nitrogen and oxygen atoms in total. The molecule has 0 heterocycles. The summed E-state index contributed by atoms with van der Waals surface area (Å²) in [6, 6.07) is 0. The summed E-state index contributed by atoms with van der Waals surface area (Å²) in [4.78, 5) is 9.13. The van der Waals surface area contributed by atoms with Gasteiger partial charge in [0.15, 0.2) is 0 Å². The van der Waals surface area contributed by atoms with Crippen molar-refractivity contribution in [2.45, 2.75) is 13.0 Å². The second-order valence-corrected chi connectivity index (χ2v) is 0.794. The fraction of sp³-hybridized carbons (Fsp3) is 0.667. The van der Waals surface area contributed by atoms with Gasteiger partial charge in [0.25, 0.3) is 0 Å². The van der Waals surface area contributed by atoms with Gasteiger partial charge in [0.05, 0.1) is 0 Å². The van der Waals surface area contributed by atoms with Crippen molar-refractivity contribution in [3.05, 3.63) is 0 Å². The van der Waals surface area contributed by atoms with Crippen LogP contribution in [0.4, 0.5) is 0 Å². The third-order valence-electron chi connectivity index (χ3n) is 0.171. The number of rotatable bonds is 1. The van der Waals surface area contributed by atoms with Crippen molar-refractivity contribution in [3.8, 4) is 0 Å². The highest BCUT2D eigenvalue weighted by molar-refractivity contribution is 5.55. The molecule has 0 spiro atoms. The molecule has 0 unspecified atom stereocenters. The molecule has 1 radical (unpaired) electrons. The molecule has 0 rings (SSSR count). The number of aliphatic hydroxyl groups is 1. The van der Waals surface area contributed by atoms with E-state index in [0.717, 1.165) is 0 Å². The minimum absolute atomic E-state index is 0.921. The first-order chi connectivity index (χ1) is 2.27. The Labute approximate surface area is 30.4 Å². The quantitative estimate of drug-likeness (QED) is 0.453. The predicted molar refractivity (Wildman–Crippen MR) is 17.4 cm³/mol. The molecule has 5 heavy (non-hydrogen) atoms. The Bertz CT molecular complexity index is 31.9. The summed E-state index contributed by atoms with van der Waals surface area (Å²) in [7, 11) is 0. The maximum Gasteiger partial charge on any atom is 0.229 e. The van der Waals surface area contributed by atoms with Gasteiger partial charge in [0.1, 0.15) is 6.10 Å². The topological polar surface area (TPSA) is 37.3 Å². The van der Waals surface area contributed by atoms with Crippen LogP contribution in [0.15, 0.2) is 0 Å². The highest BCUT2D eigenvalue weighted by Crippen LogP contribution is 1.62. The van der Waals surface area contributed by atoms with Gasteiger partial charge in [-0.05, 0) is 6.92 Å². The molecule has 0 aliphatic carbocycles. The lowest BCUT2D eigenvalue weighted by Crippen LogP contribution is -1.97. The average molecular weight is 73.1 g/mol. The van der Waals surface area contributed by atoms with Gasteiger partial charge in [0.2, 0.25) is 6.29 Å². The van der Waals surface area contributed by atoms with Crippen molar-refractivity contribution in [1.29, 1.82) is 0 Å². The predicted octanol–water partition coefficient (Wildman–Crippen LogP) is -0.523. The molecule has 2 heteroatoms. The van der Waals surface area contributed by atoms with Crippen LogP contribution in [-0.4, -0.2) is 17.5 Å². The molecule has 1 atom stereocenters. The number of aliphatic hydroxyl groups excluding tert-OH is 1. The lowest BCUT2D eigenvalue weighted by atomic mass is 10.5. The summed E-state index contributed by atoms with van der Waals surface area (Å²) < 4.78 is 0. The molecule has 0 aromatic heterocycles. The summed E-state index contributed by atoms with van der Waals surface area (Å²) in [6.07, 6.45) is 0.412. The summed E-state index contributed by atoms with van der Waals surface area (Å²) in [5.74, 6) is 0. The zero-order valence-electron chi connectivity index (χ0n) is 2.93. The zero-order valence-corrected chi connectivity index (χ0v) is 2.93. The first-order valence-corrected chi connectivity index (χ1v) is 1.33.